The van der Waals surface area contributed by atoms with Gasteiger partial charge in [0.15, 0.2) is 0 Å². The molecule has 90 valence electrons. The Labute approximate surface area is 104 Å². The second-order valence-electron chi connectivity index (χ2n) is 4.20. The zero-order valence-corrected chi connectivity index (χ0v) is 10.2. The van der Waals surface area contributed by atoms with Crippen molar-refractivity contribution in [2.24, 2.45) is 0 Å². The Balaban J connectivity index is 2.18. The molecule has 5 nitrogen and oxygen atoms in total. The highest BCUT2D eigenvalue weighted by Gasteiger charge is 2.12. The van der Waals surface area contributed by atoms with Gasteiger partial charge in [0.25, 0.3) is 11.8 Å². The summed E-state index contributed by atoms with van der Waals surface area (Å²) in [5.41, 5.74) is 0.855. The molecular weight excluding hydrogens is 228 g/mol. The third kappa shape index (κ3) is 1.69. The Kier molecular flexibility index (Phi) is 2.44. The van der Waals surface area contributed by atoms with Gasteiger partial charge in [0.05, 0.1) is 5.56 Å². The molecule has 3 aromatic rings. The largest absolute Gasteiger partial charge is 0.344 e. The molecule has 0 aliphatic carbocycles. The van der Waals surface area contributed by atoms with Gasteiger partial charge in [0, 0.05) is 31.9 Å². The second-order valence-corrected chi connectivity index (χ2v) is 4.20. The fourth-order valence-electron chi connectivity index (χ4n) is 1.79. The van der Waals surface area contributed by atoms with E-state index in [9.17, 15) is 0 Å². The zero-order chi connectivity index (χ0) is 12.5. The molecule has 0 saturated carbocycles. The normalized spacial score (nSPS) is 10.8. The summed E-state index contributed by atoms with van der Waals surface area (Å²) < 4.78 is 5.28. The average Bonchev–Trinajstić information content (AvgIpc) is 2.87. The minimum absolute atomic E-state index is 0.489. The van der Waals surface area contributed by atoms with Gasteiger partial charge >= 0.3 is 0 Å². The summed E-state index contributed by atoms with van der Waals surface area (Å²) in [6.07, 6.45) is 3.57. The summed E-state index contributed by atoms with van der Waals surface area (Å²) in [7, 11) is 3.74. The van der Waals surface area contributed by atoms with Gasteiger partial charge < -0.3 is 9.42 Å². The Morgan fingerprint density at radius 2 is 1.94 bits per heavy atom. The summed E-state index contributed by atoms with van der Waals surface area (Å²) in [5.74, 6) is 1.04. The molecule has 0 saturated heterocycles. The van der Waals surface area contributed by atoms with E-state index in [0.717, 1.165) is 16.3 Å². The van der Waals surface area contributed by atoms with E-state index in [1.54, 1.807) is 11.1 Å². The lowest BCUT2D eigenvalue weighted by Gasteiger charge is -2.03. The van der Waals surface area contributed by atoms with Crippen molar-refractivity contribution in [3.63, 3.8) is 0 Å². The van der Waals surface area contributed by atoms with E-state index in [1.165, 1.54) is 0 Å². The van der Waals surface area contributed by atoms with Gasteiger partial charge in [-0.25, -0.2) is 0 Å². The molecule has 0 bridgehead atoms. The minimum atomic E-state index is 0.489. The average molecular weight is 240 g/mol. The summed E-state index contributed by atoms with van der Waals surface area (Å²) in [6.45, 7) is 0. The number of benzene rings is 1. The van der Waals surface area contributed by atoms with Crippen LogP contribution in [0.25, 0.3) is 22.2 Å². The molecule has 3 rings (SSSR count). The molecule has 0 unspecified atom stereocenters. The highest BCUT2D eigenvalue weighted by Crippen LogP contribution is 2.26. The van der Waals surface area contributed by atoms with Crippen molar-refractivity contribution in [3.05, 3.63) is 36.7 Å². The summed E-state index contributed by atoms with van der Waals surface area (Å²) in [6, 6.07) is 7.99. The maximum atomic E-state index is 5.28. The van der Waals surface area contributed by atoms with Crippen LogP contribution in [-0.2, 0) is 0 Å². The van der Waals surface area contributed by atoms with Crippen molar-refractivity contribution in [1.82, 2.24) is 15.1 Å². The van der Waals surface area contributed by atoms with Crippen molar-refractivity contribution in [2.75, 3.05) is 19.0 Å². The standard InChI is InChI=1S/C13H12N4O/c1-17(2)13-15-12(18-16-13)11-8-14-7-9-5-3-4-6-10(9)11/h3-8H,1-2H3. The monoisotopic (exact) mass is 240 g/mol. The molecule has 0 amide bonds. The Morgan fingerprint density at radius 1 is 1.11 bits per heavy atom. The number of aromatic nitrogens is 3. The molecule has 0 aliphatic rings. The minimum Gasteiger partial charge on any atom is -0.344 e. The first-order valence-electron chi connectivity index (χ1n) is 5.60. The molecule has 0 atom stereocenters. The molecule has 1 aromatic carbocycles. The second kappa shape index (κ2) is 4.10. The van der Waals surface area contributed by atoms with E-state index in [2.05, 4.69) is 15.1 Å². The maximum Gasteiger partial charge on any atom is 0.265 e. The van der Waals surface area contributed by atoms with E-state index < -0.39 is 0 Å². The van der Waals surface area contributed by atoms with Crippen molar-refractivity contribution >= 4 is 16.7 Å². The van der Waals surface area contributed by atoms with Crippen LogP contribution in [0, 0.1) is 0 Å². The highest BCUT2D eigenvalue weighted by molar-refractivity contribution is 5.93. The lowest BCUT2D eigenvalue weighted by Crippen LogP contribution is -2.10. The first kappa shape index (κ1) is 10.7. The quantitative estimate of drug-likeness (QED) is 0.688. The van der Waals surface area contributed by atoms with Gasteiger partial charge in [-0.3, -0.25) is 4.98 Å². The van der Waals surface area contributed by atoms with Crippen molar-refractivity contribution < 1.29 is 4.52 Å². The van der Waals surface area contributed by atoms with Crippen LogP contribution in [-0.4, -0.2) is 29.2 Å². The third-order valence-electron chi connectivity index (χ3n) is 2.71. The number of hydrogen-bond acceptors (Lipinski definition) is 5. The molecular formula is C13H12N4O. The predicted octanol–water partition coefficient (Wildman–Crippen LogP) is 2.35. The van der Waals surface area contributed by atoms with Crippen LogP contribution < -0.4 is 4.90 Å². The number of fused-ring (bicyclic) bond motifs is 1. The molecule has 5 heteroatoms. The molecule has 0 N–H and O–H groups in total. The first-order chi connectivity index (χ1) is 8.75. The highest BCUT2D eigenvalue weighted by atomic mass is 16.5. The van der Waals surface area contributed by atoms with Crippen LogP contribution >= 0.6 is 0 Å². The number of hydrogen-bond donors (Lipinski definition) is 0. The third-order valence-corrected chi connectivity index (χ3v) is 2.71. The van der Waals surface area contributed by atoms with E-state index in [4.69, 9.17) is 4.52 Å². The van der Waals surface area contributed by atoms with Gasteiger partial charge in [0.1, 0.15) is 0 Å². The molecule has 0 spiro atoms. The van der Waals surface area contributed by atoms with Crippen LogP contribution in [0.1, 0.15) is 0 Å². The zero-order valence-electron chi connectivity index (χ0n) is 10.2. The first-order valence-corrected chi connectivity index (χ1v) is 5.60. The molecule has 0 fully saturated rings. The van der Waals surface area contributed by atoms with E-state index >= 15 is 0 Å². The van der Waals surface area contributed by atoms with E-state index in [0.29, 0.717) is 11.8 Å². The van der Waals surface area contributed by atoms with Crippen molar-refractivity contribution in [3.8, 4) is 11.5 Å². The SMILES string of the molecule is CN(C)c1noc(-c2cncc3ccccc23)n1. The Bertz CT molecular complexity index is 685. The van der Waals surface area contributed by atoms with Crippen LogP contribution in [0.5, 0.6) is 0 Å². The Morgan fingerprint density at radius 3 is 2.72 bits per heavy atom. The summed E-state index contributed by atoms with van der Waals surface area (Å²) >= 11 is 0. The van der Waals surface area contributed by atoms with Gasteiger partial charge in [-0.05, 0) is 10.5 Å². The number of pyridine rings is 1. The lowest BCUT2D eigenvalue weighted by molar-refractivity contribution is 0.431. The maximum absolute atomic E-state index is 5.28. The van der Waals surface area contributed by atoms with E-state index in [-0.39, 0.29) is 0 Å². The molecule has 0 radical (unpaired) electrons. The number of anilines is 1. The van der Waals surface area contributed by atoms with Gasteiger partial charge in [-0.2, -0.15) is 4.98 Å². The van der Waals surface area contributed by atoms with Gasteiger partial charge in [-0.1, -0.05) is 24.3 Å². The fourth-order valence-corrected chi connectivity index (χ4v) is 1.79. The molecule has 2 aromatic heterocycles. The van der Waals surface area contributed by atoms with E-state index in [1.807, 2.05) is 44.6 Å². The van der Waals surface area contributed by atoms with Crippen molar-refractivity contribution in [2.45, 2.75) is 0 Å². The molecule has 0 aliphatic heterocycles. The van der Waals surface area contributed by atoms with Crippen LogP contribution in [0.15, 0.2) is 41.2 Å². The summed E-state index contributed by atoms with van der Waals surface area (Å²) in [4.78, 5) is 10.3. The number of nitrogens with zero attached hydrogens (tertiary/aromatic N) is 4. The van der Waals surface area contributed by atoms with Gasteiger partial charge in [0.2, 0.25) is 0 Å². The van der Waals surface area contributed by atoms with Crippen LogP contribution in [0.2, 0.25) is 0 Å². The predicted molar refractivity (Wildman–Crippen MR) is 69.4 cm³/mol. The molecule has 2 heterocycles. The van der Waals surface area contributed by atoms with Crippen LogP contribution in [0.4, 0.5) is 5.95 Å². The number of rotatable bonds is 2. The summed E-state index contributed by atoms with van der Waals surface area (Å²) in [5, 5.41) is 6.02. The Hall–Kier alpha value is -2.43. The van der Waals surface area contributed by atoms with Gasteiger partial charge in [-0.15, -0.1) is 0 Å². The fraction of sp³-hybridized carbons (Fsp3) is 0.154. The van der Waals surface area contributed by atoms with Crippen molar-refractivity contribution in [1.29, 1.82) is 0 Å². The lowest BCUT2D eigenvalue weighted by atomic mass is 10.1. The topological polar surface area (TPSA) is 55.1 Å². The molecule has 18 heavy (non-hydrogen) atoms. The smallest absolute Gasteiger partial charge is 0.265 e. The van der Waals surface area contributed by atoms with Crippen LogP contribution in [0.3, 0.4) is 0 Å².